The van der Waals surface area contributed by atoms with Gasteiger partial charge in [0.15, 0.2) is 11.5 Å². The van der Waals surface area contributed by atoms with Crippen LogP contribution in [-0.2, 0) is 6.54 Å². The summed E-state index contributed by atoms with van der Waals surface area (Å²) in [5.41, 5.74) is 9.92. The fraction of sp³-hybridized carbons (Fsp3) is 0.130. The molecule has 0 spiro atoms. The second kappa shape index (κ2) is 7.35. The number of nitrogens with two attached hydrogens (primary N) is 1. The highest BCUT2D eigenvalue weighted by Gasteiger charge is 2.27. The number of aromatic nitrogens is 5. The Labute approximate surface area is 182 Å². The molecular formula is C23H16FN7O. The number of pyridine rings is 1. The highest BCUT2D eigenvalue weighted by molar-refractivity contribution is 6.05. The molecule has 3 aromatic heterocycles. The van der Waals surface area contributed by atoms with Crippen molar-refractivity contribution in [3.05, 3.63) is 77.6 Å². The largest absolute Gasteiger partial charge is 0.383 e. The Hall–Kier alpha value is -4.45. The summed E-state index contributed by atoms with van der Waals surface area (Å²) in [6, 6.07) is 8.01. The second-order valence-electron chi connectivity index (χ2n) is 7.54. The van der Waals surface area contributed by atoms with Crippen molar-refractivity contribution in [2.24, 2.45) is 0 Å². The van der Waals surface area contributed by atoms with E-state index in [4.69, 9.17) is 5.73 Å². The molecular weight excluding hydrogens is 409 g/mol. The molecule has 0 saturated carbocycles. The van der Waals surface area contributed by atoms with Gasteiger partial charge in [-0.05, 0) is 29.3 Å². The van der Waals surface area contributed by atoms with Crippen LogP contribution in [-0.4, -0.2) is 30.3 Å². The first-order chi connectivity index (χ1) is 15.5. The Balaban J connectivity index is 1.87. The first kappa shape index (κ1) is 19.5. The van der Waals surface area contributed by atoms with E-state index in [-0.39, 0.29) is 29.4 Å². The minimum absolute atomic E-state index is 0.0638. The maximum absolute atomic E-state index is 14.2. The molecule has 9 heteroatoms. The molecule has 2 N–H and O–H groups in total. The molecule has 0 unspecified atom stereocenters. The molecule has 0 radical (unpaired) electrons. The number of carbonyl (C=O) groups excluding carboxylic acids is 1. The number of benzene rings is 1. The number of hydrogen-bond donors (Lipinski definition) is 1. The molecule has 4 aromatic rings. The summed E-state index contributed by atoms with van der Waals surface area (Å²) in [6.45, 7) is 1.98. The molecule has 5 rings (SSSR count). The van der Waals surface area contributed by atoms with Crippen molar-refractivity contribution in [2.45, 2.75) is 19.4 Å². The summed E-state index contributed by atoms with van der Waals surface area (Å²) >= 11 is 0. The lowest BCUT2D eigenvalue weighted by Gasteiger charge is -2.20. The van der Waals surface area contributed by atoms with Crippen LogP contribution in [0.1, 0.15) is 40.2 Å². The number of rotatable bonds is 0. The molecule has 2 bridgehead atoms. The van der Waals surface area contributed by atoms with Gasteiger partial charge in [0.05, 0.1) is 29.8 Å². The minimum Gasteiger partial charge on any atom is -0.383 e. The lowest BCUT2D eigenvalue weighted by molar-refractivity contribution is 0.0967. The van der Waals surface area contributed by atoms with E-state index in [0.717, 1.165) is 0 Å². The Morgan fingerprint density at radius 2 is 2.00 bits per heavy atom. The van der Waals surface area contributed by atoms with Crippen molar-refractivity contribution >= 4 is 11.6 Å². The Morgan fingerprint density at radius 1 is 1.16 bits per heavy atom. The molecule has 32 heavy (non-hydrogen) atoms. The highest BCUT2D eigenvalue weighted by Crippen LogP contribution is 2.36. The van der Waals surface area contributed by atoms with Crippen LogP contribution in [0.2, 0.25) is 0 Å². The molecule has 156 valence electrons. The predicted octanol–water partition coefficient (Wildman–Crippen LogP) is 3.34. The van der Waals surface area contributed by atoms with Gasteiger partial charge in [0.1, 0.15) is 24.0 Å². The van der Waals surface area contributed by atoms with E-state index in [1.165, 1.54) is 31.0 Å². The number of imidazole rings is 1. The summed E-state index contributed by atoms with van der Waals surface area (Å²) in [5.74, 6) is -1.42. The van der Waals surface area contributed by atoms with E-state index in [1.54, 1.807) is 29.8 Å². The molecule has 1 aliphatic heterocycles. The summed E-state index contributed by atoms with van der Waals surface area (Å²) in [6.07, 6.45) is 6.11. The van der Waals surface area contributed by atoms with Crippen LogP contribution in [0.4, 0.5) is 10.2 Å². The van der Waals surface area contributed by atoms with Crippen LogP contribution in [0.3, 0.4) is 0 Å². The topological polar surface area (TPSA) is 123 Å². The molecule has 1 atom stereocenters. The number of Topliss-reactive ketones (excluding diaryl/α,β-unsaturated/α-hetero) is 1. The number of anilines is 1. The third kappa shape index (κ3) is 3.01. The van der Waals surface area contributed by atoms with Gasteiger partial charge in [0, 0.05) is 29.4 Å². The van der Waals surface area contributed by atoms with Gasteiger partial charge in [0.25, 0.3) is 0 Å². The maximum Gasteiger partial charge on any atom is 0.173 e. The lowest BCUT2D eigenvalue weighted by Crippen LogP contribution is -2.16. The van der Waals surface area contributed by atoms with Gasteiger partial charge in [-0.3, -0.25) is 4.79 Å². The molecule has 8 nitrogen and oxygen atoms in total. The molecule has 4 heterocycles. The zero-order valence-electron chi connectivity index (χ0n) is 17.0. The van der Waals surface area contributed by atoms with Crippen LogP contribution in [0.5, 0.6) is 0 Å². The Morgan fingerprint density at radius 3 is 2.81 bits per heavy atom. The van der Waals surface area contributed by atoms with E-state index in [0.29, 0.717) is 33.6 Å². The van der Waals surface area contributed by atoms with Crippen LogP contribution in [0.25, 0.3) is 22.4 Å². The molecule has 1 aromatic carbocycles. The van der Waals surface area contributed by atoms with Crippen LogP contribution < -0.4 is 5.73 Å². The summed E-state index contributed by atoms with van der Waals surface area (Å²) < 4.78 is 16.0. The van der Waals surface area contributed by atoms with Crippen LogP contribution in [0.15, 0.2) is 49.3 Å². The molecule has 1 aliphatic rings. The van der Waals surface area contributed by atoms with E-state index in [2.05, 4.69) is 26.0 Å². The third-order valence-corrected chi connectivity index (χ3v) is 5.68. The average molecular weight is 425 g/mol. The fourth-order valence-electron chi connectivity index (χ4n) is 4.07. The number of ketones is 1. The normalized spacial score (nSPS) is 14.9. The number of nitrogens with zero attached hydrogens (tertiary/aromatic N) is 6. The smallest absolute Gasteiger partial charge is 0.173 e. The van der Waals surface area contributed by atoms with Gasteiger partial charge >= 0.3 is 0 Å². The van der Waals surface area contributed by atoms with E-state index in [1.807, 2.05) is 0 Å². The monoisotopic (exact) mass is 425 g/mol. The lowest BCUT2D eigenvalue weighted by atomic mass is 9.86. The molecule has 0 aliphatic carbocycles. The molecule has 0 amide bonds. The maximum atomic E-state index is 14.2. The first-order valence-electron chi connectivity index (χ1n) is 9.82. The number of fused-ring (bicyclic) bond motifs is 7. The van der Waals surface area contributed by atoms with E-state index >= 15 is 0 Å². The van der Waals surface area contributed by atoms with Crippen molar-refractivity contribution in [3.8, 4) is 28.5 Å². The number of halogens is 1. The third-order valence-electron chi connectivity index (χ3n) is 5.68. The van der Waals surface area contributed by atoms with Gasteiger partial charge in [-0.1, -0.05) is 13.0 Å². The summed E-state index contributed by atoms with van der Waals surface area (Å²) in [5, 5.41) is 9.60. The standard InChI is InChI=1S/C23H16FN7O/c1-12-16-5-14(24)2-3-15(16)18-8-27-10-29-20(18)9-31-11-30-19(6-25)21(31)13-4-17(22(12)32)23(26)28-7-13/h2-5,7-8,10-12H,9H2,1H3,(H2,26,28)/t12-/m1/s1. The van der Waals surface area contributed by atoms with E-state index < -0.39 is 11.7 Å². The van der Waals surface area contributed by atoms with Crippen molar-refractivity contribution in [1.82, 2.24) is 24.5 Å². The molecule has 0 fully saturated rings. The minimum atomic E-state index is -0.715. The first-order valence-corrected chi connectivity index (χ1v) is 9.82. The van der Waals surface area contributed by atoms with Gasteiger partial charge < -0.3 is 10.3 Å². The zero-order chi connectivity index (χ0) is 22.4. The number of nitrogen functional groups attached to an aromatic ring is 1. The quantitative estimate of drug-likeness (QED) is 0.458. The Kier molecular flexibility index (Phi) is 4.48. The number of hydrogen-bond acceptors (Lipinski definition) is 7. The number of nitriles is 1. The van der Waals surface area contributed by atoms with Crippen LogP contribution >= 0.6 is 0 Å². The average Bonchev–Trinajstić information content (AvgIpc) is 3.21. The van der Waals surface area contributed by atoms with Crippen LogP contribution in [0, 0.1) is 17.1 Å². The highest BCUT2D eigenvalue weighted by atomic mass is 19.1. The summed E-state index contributed by atoms with van der Waals surface area (Å²) in [4.78, 5) is 30.5. The van der Waals surface area contributed by atoms with Crippen molar-refractivity contribution in [2.75, 3.05) is 5.73 Å². The van der Waals surface area contributed by atoms with E-state index in [9.17, 15) is 14.4 Å². The predicted molar refractivity (Wildman–Crippen MR) is 114 cm³/mol. The molecule has 0 saturated heterocycles. The Bertz CT molecular complexity index is 1440. The van der Waals surface area contributed by atoms with Gasteiger partial charge in [-0.15, -0.1) is 0 Å². The van der Waals surface area contributed by atoms with Crippen molar-refractivity contribution in [1.29, 1.82) is 5.26 Å². The van der Waals surface area contributed by atoms with Gasteiger partial charge in [-0.25, -0.2) is 24.3 Å². The zero-order valence-corrected chi connectivity index (χ0v) is 17.0. The fourth-order valence-corrected chi connectivity index (χ4v) is 4.07. The van der Waals surface area contributed by atoms with Gasteiger partial charge in [0.2, 0.25) is 0 Å². The van der Waals surface area contributed by atoms with Crippen molar-refractivity contribution in [3.63, 3.8) is 0 Å². The van der Waals surface area contributed by atoms with Gasteiger partial charge in [-0.2, -0.15) is 5.26 Å². The number of carbonyl (C=O) groups is 1. The summed E-state index contributed by atoms with van der Waals surface area (Å²) in [7, 11) is 0. The SMILES string of the molecule is C[C@H]1C(=O)c2cc(cnc2N)-c2c(C#N)ncn2Cc2ncncc2-c2ccc(F)cc21. The van der Waals surface area contributed by atoms with Crippen molar-refractivity contribution < 1.29 is 9.18 Å². The second-order valence-corrected chi connectivity index (χ2v) is 7.54.